The molecule has 1 fully saturated rings. The van der Waals surface area contributed by atoms with Crippen molar-refractivity contribution >= 4 is 40.8 Å². The third kappa shape index (κ3) is 4.73. The molecule has 0 saturated carbocycles. The van der Waals surface area contributed by atoms with Crippen molar-refractivity contribution < 1.29 is 9.59 Å². The zero-order valence-corrected chi connectivity index (χ0v) is 16.6. The van der Waals surface area contributed by atoms with Gasteiger partial charge >= 0.3 is 6.03 Å². The van der Waals surface area contributed by atoms with Crippen molar-refractivity contribution in [3.8, 4) is 0 Å². The molecule has 1 aliphatic rings. The molecule has 1 heterocycles. The highest BCUT2D eigenvalue weighted by atomic mass is 35.5. The number of hydrogen-bond donors (Lipinski definition) is 1. The van der Waals surface area contributed by atoms with E-state index in [0.717, 1.165) is 31.5 Å². The maximum Gasteiger partial charge on any atom is 0.321 e. The lowest BCUT2D eigenvalue weighted by atomic mass is 10.1. The molecule has 0 bridgehead atoms. The van der Waals surface area contributed by atoms with Crippen molar-refractivity contribution in [3.63, 3.8) is 0 Å². The molecule has 142 valence electrons. The van der Waals surface area contributed by atoms with Gasteiger partial charge in [0, 0.05) is 37.9 Å². The van der Waals surface area contributed by atoms with Crippen molar-refractivity contribution in [2.45, 2.75) is 19.4 Å². The number of halogens is 2. The summed E-state index contributed by atoms with van der Waals surface area (Å²) >= 11 is 12.2. The van der Waals surface area contributed by atoms with Gasteiger partial charge in [0.05, 0.1) is 10.0 Å². The molecule has 0 radical (unpaired) electrons. The van der Waals surface area contributed by atoms with Crippen molar-refractivity contribution in [1.29, 1.82) is 0 Å². The van der Waals surface area contributed by atoms with E-state index >= 15 is 0 Å². The van der Waals surface area contributed by atoms with Crippen LogP contribution in [0.2, 0.25) is 10.0 Å². The van der Waals surface area contributed by atoms with E-state index in [1.807, 2.05) is 11.0 Å². The number of nitrogens with one attached hydrogen (secondary N) is 1. The fourth-order valence-electron chi connectivity index (χ4n) is 3.05. The third-order valence-electron chi connectivity index (χ3n) is 4.54. The Morgan fingerprint density at radius 2 is 1.81 bits per heavy atom. The first-order valence-electron chi connectivity index (χ1n) is 8.80. The number of rotatable bonds is 4. The van der Waals surface area contributed by atoms with Crippen LogP contribution in [0.15, 0.2) is 42.5 Å². The Bertz CT molecular complexity index is 851. The van der Waals surface area contributed by atoms with Crippen molar-refractivity contribution in [1.82, 2.24) is 9.80 Å². The van der Waals surface area contributed by atoms with Crippen LogP contribution in [0.1, 0.15) is 28.8 Å². The van der Waals surface area contributed by atoms with E-state index in [9.17, 15) is 9.59 Å². The van der Waals surface area contributed by atoms with Crippen molar-refractivity contribution in [2.75, 3.05) is 25.5 Å². The molecule has 0 atom stereocenters. The predicted molar refractivity (Wildman–Crippen MR) is 109 cm³/mol. The van der Waals surface area contributed by atoms with Gasteiger partial charge < -0.3 is 15.1 Å². The van der Waals surface area contributed by atoms with Crippen LogP contribution in [-0.2, 0) is 6.54 Å². The van der Waals surface area contributed by atoms with Crippen LogP contribution in [0.3, 0.4) is 0 Å². The number of nitrogens with zero attached hydrogens (tertiary/aromatic N) is 2. The largest absolute Gasteiger partial charge is 0.339 e. The number of benzene rings is 2. The zero-order chi connectivity index (χ0) is 19.4. The fraction of sp³-hybridized carbons (Fsp3) is 0.300. The average Bonchev–Trinajstić information content (AvgIpc) is 3.19. The predicted octanol–water partition coefficient (Wildman–Crippen LogP) is 4.89. The third-order valence-corrected chi connectivity index (χ3v) is 5.40. The van der Waals surface area contributed by atoms with Crippen LogP contribution in [0.5, 0.6) is 0 Å². The minimum Gasteiger partial charge on any atom is -0.339 e. The molecule has 1 saturated heterocycles. The maximum atomic E-state index is 12.5. The molecule has 0 unspecified atom stereocenters. The Morgan fingerprint density at radius 3 is 2.56 bits per heavy atom. The van der Waals surface area contributed by atoms with Crippen LogP contribution in [0.25, 0.3) is 0 Å². The highest BCUT2D eigenvalue weighted by Crippen LogP contribution is 2.26. The Balaban J connectivity index is 1.65. The summed E-state index contributed by atoms with van der Waals surface area (Å²) in [5, 5.41) is 3.72. The van der Waals surface area contributed by atoms with Crippen molar-refractivity contribution in [2.24, 2.45) is 0 Å². The molecule has 2 aromatic rings. The Labute approximate surface area is 168 Å². The number of amides is 3. The van der Waals surface area contributed by atoms with Crippen LogP contribution >= 0.6 is 23.2 Å². The van der Waals surface area contributed by atoms with E-state index in [2.05, 4.69) is 5.32 Å². The Morgan fingerprint density at radius 1 is 1.11 bits per heavy atom. The molecule has 3 rings (SSSR count). The second-order valence-corrected chi connectivity index (χ2v) is 7.36. The summed E-state index contributed by atoms with van der Waals surface area (Å²) in [5.74, 6) is 0.00247. The number of urea groups is 1. The number of carbonyl (C=O) groups is 2. The molecular formula is C20H21Cl2N3O2. The van der Waals surface area contributed by atoms with Gasteiger partial charge in [-0.25, -0.2) is 4.79 Å². The fourth-order valence-corrected chi connectivity index (χ4v) is 3.43. The zero-order valence-electron chi connectivity index (χ0n) is 15.0. The lowest BCUT2D eigenvalue weighted by Gasteiger charge is -2.20. The van der Waals surface area contributed by atoms with Gasteiger partial charge in [0.1, 0.15) is 0 Å². The molecular weight excluding hydrogens is 385 g/mol. The first-order chi connectivity index (χ1) is 13.0. The number of likely N-dealkylation sites (tertiary alicyclic amines) is 1. The quantitative estimate of drug-likeness (QED) is 0.786. The minimum atomic E-state index is -0.295. The monoisotopic (exact) mass is 405 g/mol. The summed E-state index contributed by atoms with van der Waals surface area (Å²) < 4.78 is 0. The second-order valence-electron chi connectivity index (χ2n) is 6.58. The van der Waals surface area contributed by atoms with Gasteiger partial charge in [0.15, 0.2) is 0 Å². The lowest BCUT2D eigenvalue weighted by Crippen LogP contribution is -2.31. The molecule has 0 aromatic heterocycles. The van der Waals surface area contributed by atoms with Gasteiger partial charge in [-0.05, 0) is 42.7 Å². The number of hydrogen-bond acceptors (Lipinski definition) is 2. The highest BCUT2D eigenvalue weighted by molar-refractivity contribution is 6.42. The Kier molecular flexibility index (Phi) is 6.24. The summed E-state index contributed by atoms with van der Waals surface area (Å²) in [6.45, 7) is 1.90. The highest BCUT2D eigenvalue weighted by Gasteiger charge is 2.20. The molecule has 1 N–H and O–H groups in total. The lowest BCUT2D eigenvalue weighted by molar-refractivity contribution is 0.0793. The SMILES string of the molecule is CN(Cc1cccc(Cl)c1Cl)C(=O)Nc1cccc(C(=O)N2CCCC2)c1. The summed E-state index contributed by atoms with van der Waals surface area (Å²) in [6.07, 6.45) is 2.08. The topological polar surface area (TPSA) is 52.7 Å². The average molecular weight is 406 g/mol. The first-order valence-corrected chi connectivity index (χ1v) is 9.55. The molecule has 0 aliphatic carbocycles. The van der Waals surface area contributed by atoms with E-state index in [1.54, 1.807) is 43.4 Å². The minimum absolute atomic E-state index is 0.00247. The van der Waals surface area contributed by atoms with E-state index in [4.69, 9.17) is 23.2 Å². The normalized spacial score (nSPS) is 13.5. The molecule has 7 heteroatoms. The standard InChI is InChI=1S/C20H21Cl2N3O2/c1-24(13-15-7-5-9-17(21)18(15)22)20(27)23-16-8-4-6-14(12-16)19(26)25-10-2-3-11-25/h4-9,12H,2-3,10-11,13H2,1H3,(H,23,27). The summed E-state index contributed by atoms with van der Waals surface area (Å²) in [7, 11) is 1.67. The van der Waals surface area contributed by atoms with Gasteiger partial charge in [-0.3, -0.25) is 4.79 Å². The van der Waals surface area contributed by atoms with Gasteiger partial charge in [0.25, 0.3) is 5.91 Å². The molecule has 2 aromatic carbocycles. The summed E-state index contributed by atoms with van der Waals surface area (Å²) in [6, 6.07) is 12.0. The van der Waals surface area contributed by atoms with Crippen LogP contribution in [0.4, 0.5) is 10.5 Å². The Hall–Kier alpha value is -2.24. The van der Waals surface area contributed by atoms with Gasteiger partial charge in [0.2, 0.25) is 0 Å². The number of carbonyl (C=O) groups excluding carboxylic acids is 2. The molecule has 3 amide bonds. The molecule has 1 aliphatic heterocycles. The van der Waals surface area contributed by atoms with Crippen molar-refractivity contribution in [3.05, 3.63) is 63.6 Å². The number of anilines is 1. The van der Waals surface area contributed by atoms with Gasteiger partial charge in [-0.2, -0.15) is 0 Å². The van der Waals surface area contributed by atoms with E-state index in [0.29, 0.717) is 27.8 Å². The van der Waals surface area contributed by atoms with E-state index in [-0.39, 0.29) is 11.9 Å². The molecule has 27 heavy (non-hydrogen) atoms. The van der Waals surface area contributed by atoms with Gasteiger partial charge in [-0.15, -0.1) is 0 Å². The van der Waals surface area contributed by atoms with Crippen LogP contribution in [-0.4, -0.2) is 41.9 Å². The van der Waals surface area contributed by atoms with Crippen LogP contribution < -0.4 is 5.32 Å². The van der Waals surface area contributed by atoms with Gasteiger partial charge in [-0.1, -0.05) is 41.4 Å². The van der Waals surface area contributed by atoms with E-state index < -0.39 is 0 Å². The molecule has 5 nitrogen and oxygen atoms in total. The smallest absolute Gasteiger partial charge is 0.321 e. The second kappa shape index (κ2) is 8.63. The summed E-state index contributed by atoms with van der Waals surface area (Å²) in [5.41, 5.74) is 1.92. The maximum absolute atomic E-state index is 12.5. The molecule has 0 spiro atoms. The first kappa shape index (κ1) is 19.5. The van der Waals surface area contributed by atoms with E-state index in [1.165, 1.54) is 4.90 Å². The summed E-state index contributed by atoms with van der Waals surface area (Å²) in [4.78, 5) is 28.3. The van der Waals surface area contributed by atoms with Crippen LogP contribution in [0, 0.1) is 0 Å².